The fourth-order valence-corrected chi connectivity index (χ4v) is 2.57. The van der Waals surface area contributed by atoms with Crippen molar-refractivity contribution in [3.05, 3.63) is 77.0 Å². The van der Waals surface area contributed by atoms with Crippen LogP contribution in [-0.4, -0.2) is 11.8 Å². The Morgan fingerprint density at radius 1 is 1.32 bits per heavy atom. The van der Waals surface area contributed by atoms with E-state index in [1.54, 1.807) is 23.1 Å². The van der Waals surface area contributed by atoms with Crippen molar-refractivity contribution in [2.45, 2.75) is 0 Å². The zero-order valence-electron chi connectivity index (χ0n) is 12.9. The fourth-order valence-electron chi connectivity index (χ4n) is 2.33. The van der Waals surface area contributed by atoms with E-state index in [9.17, 15) is 14.8 Å². The van der Waals surface area contributed by atoms with E-state index < -0.39 is 5.82 Å². The quantitative estimate of drug-likeness (QED) is 0.797. The lowest BCUT2D eigenvalue weighted by atomic mass is 10.2. The van der Waals surface area contributed by atoms with E-state index >= 15 is 0 Å². The zero-order chi connectivity index (χ0) is 17.8. The van der Waals surface area contributed by atoms with Crippen LogP contribution in [0.4, 0.5) is 15.8 Å². The van der Waals surface area contributed by atoms with Crippen LogP contribution >= 0.6 is 11.6 Å². The molecule has 0 fully saturated rings. The van der Waals surface area contributed by atoms with Gasteiger partial charge in [0.15, 0.2) is 18.2 Å². The maximum Gasteiger partial charge on any atom is 0.166 e. The van der Waals surface area contributed by atoms with Crippen LogP contribution in [0.15, 0.2) is 66.2 Å². The Labute approximate surface area is 148 Å². The van der Waals surface area contributed by atoms with Crippen LogP contribution in [0.3, 0.4) is 0 Å². The fraction of sp³-hybridized carbons (Fsp3) is 0.0556. The van der Waals surface area contributed by atoms with Gasteiger partial charge in [0.25, 0.3) is 0 Å². The third kappa shape index (κ3) is 3.52. The van der Waals surface area contributed by atoms with Crippen molar-refractivity contribution in [2.75, 3.05) is 16.9 Å². The number of halogens is 2. The number of rotatable bonds is 4. The molecule has 2 aromatic rings. The number of phenols is 1. The smallest absolute Gasteiger partial charge is 0.166 e. The van der Waals surface area contributed by atoms with Crippen LogP contribution < -0.4 is 10.2 Å². The molecule has 0 aliphatic carbocycles. The molecule has 1 heterocycles. The van der Waals surface area contributed by atoms with Crippen molar-refractivity contribution in [3.8, 4) is 11.8 Å². The minimum Gasteiger partial charge on any atom is -0.508 e. The number of para-hydroxylation sites is 1. The standard InChI is InChI=1S/C18H13ClFN3O2/c19-13-3-1-2-4-16(13)23-11-25-18(17(23)10-21)7-8-22-15-6-5-12(24)9-14(15)20/h1-9,22,24H,11H2. The third-order valence-corrected chi connectivity index (χ3v) is 3.85. The van der Waals surface area contributed by atoms with Gasteiger partial charge in [-0.3, -0.25) is 4.90 Å². The summed E-state index contributed by atoms with van der Waals surface area (Å²) < 4.78 is 19.2. The normalized spacial score (nSPS) is 13.9. The van der Waals surface area contributed by atoms with Gasteiger partial charge in [-0.05, 0) is 30.3 Å². The minimum atomic E-state index is -0.593. The molecule has 1 aliphatic heterocycles. The number of anilines is 2. The van der Waals surface area contributed by atoms with Crippen molar-refractivity contribution < 1.29 is 14.2 Å². The summed E-state index contributed by atoms with van der Waals surface area (Å²) in [5.74, 6) is -0.408. The summed E-state index contributed by atoms with van der Waals surface area (Å²) in [6, 6.07) is 13.0. The third-order valence-electron chi connectivity index (χ3n) is 3.53. The zero-order valence-corrected chi connectivity index (χ0v) is 13.7. The van der Waals surface area contributed by atoms with Crippen molar-refractivity contribution in [1.29, 1.82) is 5.26 Å². The molecule has 126 valence electrons. The lowest BCUT2D eigenvalue weighted by molar-refractivity contribution is 0.257. The van der Waals surface area contributed by atoms with E-state index in [-0.39, 0.29) is 18.2 Å². The number of benzene rings is 2. The number of allylic oxidation sites excluding steroid dienone is 2. The highest BCUT2D eigenvalue weighted by atomic mass is 35.5. The summed E-state index contributed by atoms with van der Waals surface area (Å²) in [5, 5.41) is 21.9. The SMILES string of the molecule is N#CC1=C(C=CNc2ccc(O)cc2F)OCN1c1ccccc1Cl. The van der Waals surface area contributed by atoms with E-state index in [4.69, 9.17) is 16.3 Å². The molecule has 0 aromatic heterocycles. The van der Waals surface area contributed by atoms with Gasteiger partial charge >= 0.3 is 0 Å². The molecule has 7 heteroatoms. The Morgan fingerprint density at radius 2 is 2.12 bits per heavy atom. The van der Waals surface area contributed by atoms with Gasteiger partial charge < -0.3 is 15.2 Å². The van der Waals surface area contributed by atoms with E-state index in [1.165, 1.54) is 24.4 Å². The average Bonchev–Trinajstić information content (AvgIpc) is 3.00. The van der Waals surface area contributed by atoms with Gasteiger partial charge in [0.1, 0.15) is 17.6 Å². The van der Waals surface area contributed by atoms with Crippen LogP contribution in [0.1, 0.15) is 0 Å². The van der Waals surface area contributed by atoms with Crippen molar-refractivity contribution in [2.24, 2.45) is 0 Å². The summed E-state index contributed by atoms with van der Waals surface area (Å²) in [4.78, 5) is 1.66. The predicted octanol–water partition coefficient (Wildman–Crippen LogP) is 4.34. The van der Waals surface area contributed by atoms with Gasteiger partial charge in [0.05, 0.1) is 16.4 Å². The molecule has 0 unspecified atom stereocenters. The second kappa shape index (κ2) is 7.16. The monoisotopic (exact) mass is 357 g/mol. The highest BCUT2D eigenvalue weighted by Crippen LogP contribution is 2.32. The number of nitriles is 1. The maximum absolute atomic E-state index is 13.6. The van der Waals surface area contributed by atoms with Crippen molar-refractivity contribution in [3.63, 3.8) is 0 Å². The van der Waals surface area contributed by atoms with Crippen LogP contribution in [0.25, 0.3) is 0 Å². The Bertz CT molecular complexity index is 905. The number of hydrogen-bond acceptors (Lipinski definition) is 5. The number of ether oxygens (including phenoxy) is 1. The van der Waals surface area contributed by atoms with Crippen LogP contribution in [-0.2, 0) is 4.74 Å². The van der Waals surface area contributed by atoms with Gasteiger partial charge in [0.2, 0.25) is 0 Å². The molecule has 0 atom stereocenters. The highest BCUT2D eigenvalue weighted by Gasteiger charge is 2.25. The summed E-state index contributed by atoms with van der Waals surface area (Å²) >= 11 is 6.17. The maximum atomic E-state index is 13.6. The molecule has 0 radical (unpaired) electrons. The largest absolute Gasteiger partial charge is 0.508 e. The molecule has 0 amide bonds. The molecule has 5 nitrogen and oxygen atoms in total. The van der Waals surface area contributed by atoms with E-state index in [1.807, 2.05) is 6.07 Å². The molecule has 2 N–H and O–H groups in total. The minimum absolute atomic E-state index is 0.153. The molecule has 3 rings (SSSR count). The van der Waals surface area contributed by atoms with E-state index in [0.29, 0.717) is 22.2 Å². The molecule has 0 saturated heterocycles. The Balaban J connectivity index is 1.80. The number of phenolic OH excluding ortho intramolecular Hbond substituents is 1. The second-order valence-corrected chi connectivity index (χ2v) is 5.53. The molecule has 2 aromatic carbocycles. The van der Waals surface area contributed by atoms with Crippen LogP contribution in [0.5, 0.6) is 5.75 Å². The molecule has 0 spiro atoms. The summed E-state index contributed by atoms with van der Waals surface area (Å²) in [6.45, 7) is 0.153. The second-order valence-electron chi connectivity index (χ2n) is 5.12. The Morgan fingerprint density at radius 3 is 2.84 bits per heavy atom. The Hall–Kier alpha value is -3.17. The summed E-state index contributed by atoms with van der Waals surface area (Å²) in [6.07, 6.45) is 2.99. The molecule has 0 bridgehead atoms. The topological polar surface area (TPSA) is 68.5 Å². The number of aromatic hydroxyl groups is 1. The molecule has 25 heavy (non-hydrogen) atoms. The molecule has 0 saturated carbocycles. The summed E-state index contributed by atoms with van der Waals surface area (Å²) in [7, 11) is 0. The van der Waals surface area contributed by atoms with Crippen molar-refractivity contribution in [1.82, 2.24) is 0 Å². The number of nitrogens with one attached hydrogen (secondary N) is 1. The van der Waals surface area contributed by atoms with Crippen molar-refractivity contribution >= 4 is 23.0 Å². The van der Waals surface area contributed by atoms with Gasteiger partial charge in [-0.25, -0.2) is 4.39 Å². The highest BCUT2D eigenvalue weighted by molar-refractivity contribution is 6.33. The first-order chi connectivity index (χ1) is 12.1. The predicted molar refractivity (Wildman–Crippen MR) is 93.3 cm³/mol. The first-order valence-electron chi connectivity index (χ1n) is 7.31. The van der Waals surface area contributed by atoms with Gasteiger partial charge in [0, 0.05) is 12.3 Å². The lowest BCUT2D eigenvalue weighted by Crippen LogP contribution is -2.18. The van der Waals surface area contributed by atoms with E-state index in [2.05, 4.69) is 11.4 Å². The number of nitrogens with zero attached hydrogens (tertiary/aromatic N) is 2. The van der Waals surface area contributed by atoms with Gasteiger partial charge in [-0.2, -0.15) is 5.26 Å². The number of hydrogen-bond donors (Lipinski definition) is 2. The average molecular weight is 358 g/mol. The Kier molecular flexibility index (Phi) is 4.78. The van der Waals surface area contributed by atoms with E-state index in [0.717, 1.165) is 6.07 Å². The first-order valence-corrected chi connectivity index (χ1v) is 7.69. The molecule has 1 aliphatic rings. The molecular weight excluding hydrogens is 345 g/mol. The molecular formula is C18H13ClFN3O2. The first kappa shape index (κ1) is 16.7. The van der Waals surface area contributed by atoms with Crippen LogP contribution in [0, 0.1) is 17.1 Å². The van der Waals surface area contributed by atoms with Gasteiger partial charge in [-0.1, -0.05) is 23.7 Å². The lowest BCUT2D eigenvalue weighted by Gasteiger charge is -2.16. The summed E-state index contributed by atoms with van der Waals surface area (Å²) in [5.41, 5.74) is 1.16. The van der Waals surface area contributed by atoms with Gasteiger partial charge in [-0.15, -0.1) is 0 Å². The van der Waals surface area contributed by atoms with Crippen LogP contribution in [0.2, 0.25) is 5.02 Å².